The number of nitriles is 1. The minimum atomic E-state index is -0.211. The Morgan fingerprint density at radius 3 is 2.58 bits per heavy atom. The van der Waals surface area contributed by atoms with Crippen LogP contribution in [0.5, 0.6) is 0 Å². The van der Waals surface area contributed by atoms with E-state index in [-0.39, 0.29) is 5.56 Å². The van der Waals surface area contributed by atoms with Gasteiger partial charge < -0.3 is 0 Å². The standard InChI is InChI=1S/C8H9N3O/c1-5-7(4-9)6(2)10-11(3)8(5)12/h1-3H3. The Hall–Kier alpha value is -1.63. The maximum Gasteiger partial charge on any atom is 0.270 e. The summed E-state index contributed by atoms with van der Waals surface area (Å²) in [5.41, 5.74) is 1.24. The minimum absolute atomic E-state index is 0.211. The van der Waals surface area contributed by atoms with E-state index in [1.807, 2.05) is 6.07 Å². The van der Waals surface area contributed by atoms with Crippen molar-refractivity contribution in [3.05, 3.63) is 27.2 Å². The van der Waals surface area contributed by atoms with Gasteiger partial charge in [-0.2, -0.15) is 10.4 Å². The molecule has 0 bridgehead atoms. The molecule has 1 aromatic heterocycles. The lowest BCUT2D eigenvalue weighted by molar-refractivity contribution is 0.683. The van der Waals surface area contributed by atoms with Crippen LogP contribution in [0.3, 0.4) is 0 Å². The summed E-state index contributed by atoms with van der Waals surface area (Å²) in [6, 6.07) is 1.96. The molecule has 0 atom stereocenters. The number of nitrogens with zero attached hydrogens (tertiary/aromatic N) is 3. The second kappa shape index (κ2) is 2.78. The van der Waals surface area contributed by atoms with Gasteiger partial charge in [0, 0.05) is 12.6 Å². The molecule has 0 aliphatic carbocycles. The van der Waals surface area contributed by atoms with Gasteiger partial charge in [0.15, 0.2) is 0 Å². The van der Waals surface area contributed by atoms with Gasteiger partial charge >= 0.3 is 0 Å². The largest absolute Gasteiger partial charge is 0.270 e. The molecule has 1 aromatic rings. The van der Waals surface area contributed by atoms with Gasteiger partial charge in [-0.1, -0.05) is 0 Å². The zero-order chi connectivity index (χ0) is 9.30. The summed E-state index contributed by atoms with van der Waals surface area (Å²) < 4.78 is 1.24. The molecule has 62 valence electrons. The van der Waals surface area contributed by atoms with Crippen LogP contribution >= 0.6 is 0 Å². The van der Waals surface area contributed by atoms with Crippen molar-refractivity contribution < 1.29 is 0 Å². The van der Waals surface area contributed by atoms with E-state index in [4.69, 9.17) is 5.26 Å². The highest BCUT2D eigenvalue weighted by molar-refractivity contribution is 5.37. The van der Waals surface area contributed by atoms with Crippen molar-refractivity contribution in [1.29, 1.82) is 5.26 Å². The number of hydrogen-bond donors (Lipinski definition) is 0. The van der Waals surface area contributed by atoms with Gasteiger partial charge in [0.05, 0.1) is 11.3 Å². The van der Waals surface area contributed by atoms with Crippen molar-refractivity contribution in [2.24, 2.45) is 7.05 Å². The van der Waals surface area contributed by atoms with Crippen LogP contribution in [0.15, 0.2) is 4.79 Å². The van der Waals surface area contributed by atoms with Crippen LogP contribution in [-0.2, 0) is 7.05 Å². The van der Waals surface area contributed by atoms with E-state index >= 15 is 0 Å². The molecule has 0 amide bonds. The first-order chi connectivity index (χ1) is 5.57. The molecule has 0 radical (unpaired) electrons. The van der Waals surface area contributed by atoms with Crippen LogP contribution in [-0.4, -0.2) is 9.78 Å². The summed E-state index contributed by atoms with van der Waals surface area (Å²) in [7, 11) is 1.57. The molecule has 0 fully saturated rings. The van der Waals surface area contributed by atoms with Crippen molar-refractivity contribution in [3.8, 4) is 6.07 Å². The predicted molar refractivity (Wildman–Crippen MR) is 43.7 cm³/mol. The molecular weight excluding hydrogens is 154 g/mol. The Bertz CT molecular complexity index is 412. The van der Waals surface area contributed by atoms with Crippen molar-refractivity contribution in [2.45, 2.75) is 13.8 Å². The SMILES string of the molecule is Cc1nn(C)c(=O)c(C)c1C#N. The summed E-state index contributed by atoms with van der Waals surface area (Å²) in [6.07, 6.45) is 0. The molecule has 0 saturated carbocycles. The molecule has 0 unspecified atom stereocenters. The van der Waals surface area contributed by atoms with E-state index in [0.717, 1.165) is 0 Å². The van der Waals surface area contributed by atoms with Crippen LogP contribution < -0.4 is 5.56 Å². The Kier molecular flexibility index (Phi) is 1.96. The minimum Gasteiger partial charge on any atom is -0.267 e. The van der Waals surface area contributed by atoms with Gasteiger partial charge in [0.1, 0.15) is 6.07 Å². The van der Waals surface area contributed by atoms with E-state index < -0.39 is 0 Å². The summed E-state index contributed by atoms with van der Waals surface area (Å²) in [6.45, 7) is 3.35. The molecular formula is C8H9N3O. The third-order valence-corrected chi connectivity index (χ3v) is 1.76. The summed E-state index contributed by atoms with van der Waals surface area (Å²) >= 11 is 0. The topological polar surface area (TPSA) is 58.7 Å². The van der Waals surface area contributed by atoms with Gasteiger partial charge in [-0.05, 0) is 13.8 Å². The molecule has 0 saturated heterocycles. The molecule has 1 rings (SSSR count). The van der Waals surface area contributed by atoms with E-state index in [1.165, 1.54) is 4.68 Å². The lowest BCUT2D eigenvalue weighted by atomic mass is 10.1. The highest BCUT2D eigenvalue weighted by Gasteiger charge is 2.07. The van der Waals surface area contributed by atoms with Crippen molar-refractivity contribution in [1.82, 2.24) is 9.78 Å². The molecule has 4 nitrogen and oxygen atoms in total. The summed E-state index contributed by atoms with van der Waals surface area (Å²) in [4.78, 5) is 11.2. The van der Waals surface area contributed by atoms with E-state index in [9.17, 15) is 4.79 Å². The number of aromatic nitrogens is 2. The van der Waals surface area contributed by atoms with E-state index in [1.54, 1.807) is 20.9 Å². The predicted octanol–water partition coefficient (Wildman–Crippen LogP) is 0.269. The van der Waals surface area contributed by atoms with Gasteiger partial charge in [-0.25, -0.2) is 4.68 Å². The Morgan fingerprint density at radius 1 is 1.50 bits per heavy atom. The number of hydrogen-bond acceptors (Lipinski definition) is 3. The average molecular weight is 163 g/mol. The fourth-order valence-electron chi connectivity index (χ4n) is 1.11. The van der Waals surface area contributed by atoms with Crippen molar-refractivity contribution >= 4 is 0 Å². The lowest BCUT2D eigenvalue weighted by Crippen LogP contribution is -2.24. The fraction of sp³-hybridized carbons (Fsp3) is 0.375. The lowest BCUT2D eigenvalue weighted by Gasteiger charge is -2.02. The van der Waals surface area contributed by atoms with Crippen LogP contribution in [0, 0.1) is 25.2 Å². The number of aryl methyl sites for hydroxylation is 2. The fourth-order valence-corrected chi connectivity index (χ4v) is 1.11. The smallest absolute Gasteiger partial charge is 0.267 e. The molecule has 0 spiro atoms. The van der Waals surface area contributed by atoms with Gasteiger partial charge in [0.25, 0.3) is 5.56 Å². The van der Waals surface area contributed by atoms with Crippen LogP contribution in [0.4, 0.5) is 0 Å². The monoisotopic (exact) mass is 163 g/mol. The van der Waals surface area contributed by atoms with Gasteiger partial charge in [0.2, 0.25) is 0 Å². The van der Waals surface area contributed by atoms with E-state index in [0.29, 0.717) is 16.8 Å². The van der Waals surface area contributed by atoms with E-state index in [2.05, 4.69) is 5.10 Å². The Morgan fingerprint density at radius 2 is 2.08 bits per heavy atom. The molecule has 0 aromatic carbocycles. The summed E-state index contributed by atoms with van der Waals surface area (Å²) in [5, 5.41) is 12.6. The molecule has 1 heterocycles. The van der Waals surface area contributed by atoms with Crippen LogP contribution in [0.1, 0.15) is 16.8 Å². The third-order valence-electron chi connectivity index (χ3n) is 1.76. The zero-order valence-electron chi connectivity index (χ0n) is 7.25. The normalized spacial score (nSPS) is 9.50. The first-order valence-corrected chi connectivity index (χ1v) is 3.52. The maximum absolute atomic E-state index is 11.2. The quantitative estimate of drug-likeness (QED) is 0.551. The maximum atomic E-state index is 11.2. The van der Waals surface area contributed by atoms with Crippen LogP contribution in [0.2, 0.25) is 0 Å². The van der Waals surface area contributed by atoms with Gasteiger partial charge in [-0.15, -0.1) is 0 Å². The van der Waals surface area contributed by atoms with Crippen molar-refractivity contribution in [3.63, 3.8) is 0 Å². The molecule has 0 aliphatic heterocycles. The Labute approximate surface area is 70.1 Å². The first kappa shape index (κ1) is 8.47. The Balaban J connectivity index is 3.66. The second-order valence-corrected chi connectivity index (χ2v) is 2.63. The van der Waals surface area contributed by atoms with Crippen LogP contribution in [0.25, 0.3) is 0 Å². The highest BCUT2D eigenvalue weighted by Crippen LogP contribution is 2.03. The molecule has 0 N–H and O–H groups in total. The molecule has 0 aliphatic rings. The highest BCUT2D eigenvalue weighted by atomic mass is 16.1. The molecule has 12 heavy (non-hydrogen) atoms. The number of rotatable bonds is 0. The summed E-state index contributed by atoms with van der Waals surface area (Å²) in [5.74, 6) is 0. The van der Waals surface area contributed by atoms with Gasteiger partial charge in [-0.3, -0.25) is 4.79 Å². The van der Waals surface area contributed by atoms with Crippen molar-refractivity contribution in [2.75, 3.05) is 0 Å². The first-order valence-electron chi connectivity index (χ1n) is 3.52. The zero-order valence-corrected chi connectivity index (χ0v) is 7.25. The molecule has 4 heteroatoms. The average Bonchev–Trinajstić information content (AvgIpc) is 2.01. The third kappa shape index (κ3) is 1.10. The second-order valence-electron chi connectivity index (χ2n) is 2.63.